The molecule has 1 aromatic carbocycles. The van der Waals surface area contributed by atoms with Gasteiger partial charge in [0.2, 0.25) is 0 Å². The third-order valence-electron chi connectivity index (χ3n) is 3.43. The third-order valence-corrected chi connectivity index (χ3v) is 3.43. The van der Waals surface area contributed by atoms with Crippen molar-refractivity contribution >= 4 is 5.78 Å². The molecule has 98 valence electrons. The molecule has 0 aromatic heterocycles. The molecule has 1 unspecified atom stereocenters. The second-order valence-electron chi connectivity index (χ2n) is 4.74. The maximum Gasteiger partial charge on any atom is 0.185 e. The number of likely N-dealkylation sites (N-methyl/N-ethyl adjacent to an activating group) is 1. The first-order valence-electron chi connectivity index (χ1n) is 6.14. The molecule has 0 N–H and O–H groups in total. The van der Waals surface area contributed by atoms with Crippen LogP contribution in [0.5, 0.6) is 5.75 Å². The van der Waals surface area contributed by atoms with Gasteiger partial charge >= 0.3 is 0 Å². The van der Waals surface area contributed by atoms with E-state index < -0.39 is 5.54 Å². The van der Waals surface area contributed by atoms with Crippen LogP contribution in [0.1, 0.15) is 24.2 Å². The third kappa shape index (κ3) is 2.26. The second kappa shape index (κ2) is 5.08. The lowest BCUT2D eigenvalue weighted by Crippen LogP contribution is -2.48. The SMILES string of the molecule is CCOc1ccc(C(=O)C2(C)COCN2C)cc1. The largest absolute Gasteiger partial charge is 0.494 e. The first-order valence-corrected chi connectivity index (χ1v) is 6.14. The fraction of sp³-hybridized carbons (Fsp3) is 0.500. The van der Waals surface area contributed by atoms with Crippen LogP contribution in [0.25, 0.3) is 0 Å². The van der Waals surface area contributed by atoms with Crippen LogP contribution in [0.15, 0.2) is 24.3 Å². The van der Waals surface area contributed by atoms with Crippen molar-refractivity contribution in [3.8, 4) is 5.75 Å². The van der Waals surface area contributed by atoms with E-state index in [1.54, 1.807) is 0 Å². The average molecular weight is 249 g/mol. The van der Waals surface area contributed by atoms with E-state index in [9.17, 15) is 4.79 Å². The smallest absolute Gasteiger partial charge is 0.185 e. The molecule has 0 aliphatic carbocycles. The van der Waals surface area contributed by atoms with Gasteiger partial charge in [0.1, 0.15) is 11.3 Å². The summed E-state index contributed by atoms with van der Waals surface area (Å²) in [5.74, 6) is 0.876. The van der Waals surface area contributed by atoms with Gasteiger partial charge in [-0.25, -0.2) is 0 Å². The van der Waals surface area contributed by atoms with Crippen LogP contribution >= 0.6 is 0 Å². The first kappa shape index (κ1) is 13.1. The van der Waals surface area contributed by atoms with Crippen LogP contribution in [0.2, 0.25) is 0 Å². The molecule has 2 rings (SSSR count). The summed E-state index contributed by atoms with van der Waals surface area (Å²) in [6.07, 6.45) is 0. The van der Waals surface area contributed by atoms with E-state index in [-0.39, 0.29) is 5.78 Å². The van der Waals surface area contributed by atoms with Gasteiger partial charge < -0.3 is 9.47 Å². The highest BCUT2D eigenvalue weighted by atomic mass is 16.5. The van der Waals surface area contributed by atoms with Crippen molar-refractivity contribution in [3.63, 3.8) is 0 Å². The van der Waals surface area contributed by atoms with Crippen molar-refractivity contribution < 1.29 is 14.3 Å². The molecule has 0 radical (unpaired) electrons. The van der Waals surface area contributed by atoms with Crippen LogP contribution in [0.4, 0.5) is 0 Å². The van der Waals surface area contributed by atoms with Crippen molar-refractivity contribution in [3.05, 3.63) is 29.8 Å². The predicted molar refractivity (Wildman–Crippen MR) is 68.9 cm³/mol. The maximum atomic E-state index is 12.5. The molecule has 0 bridgehead atoms. The van der Waals surface area contributed by atoms with E-state index in [1.165, 1.54) is 0 Å². The van der Waals surface area contributed by atoms with E-state index in [0.717, 1.165) is 5.75 Å². The van der Waals surface area contributed by atoms with Crippen molar-refractivity contribution in [2.75, 3.05) is 27.0 Å². The minimum absolute atomic E-state index is 0.0885. The van der Waals surface area contributed by atoms with Gasteiger partial charge in [-0.15, -0.1) is 0 Å². The monoisotopic (exact) mass is 249 g/mol. The van der Waals surface area contributed by atoms with E-state index in [4.69, 9.17) is 9.47 Å². The number of carbonyl (C=O) groups excluding carboxylic acids is 1. The molecule has 1 saturated heterocycles. The fourth-order valence-electron chi connectivity index (χ4n) is 2.05. The van der Waals surface area contributed by atoms with E-state index >= 15 is 0 Å². The van der Waals surface area contributed by atoms with Gasteiger partial charge in [0, 0.05) is 5.56 Å². The van der Waals surface area contributed by atoms with E-state index in [1.807, 2.05) is 50.1 Å². The molecule has 4 nitrogen and oxygen atoms in total. The number of ketones is 1. The summed E-state index contributed by atoms with van der Waals surface area (Å²) in [4.78, 5) is 14.4. The van der Waals surface area contributed by atoms with Crippen molar-refractivity contribution in [2.24, 2.45) is 0 Å². The summed E-state index contributed by atoms with van der Waals surface area (Å²) in [5, 5.41) is 0. The van der Waals surface area contributed by atoms with Crippen molar-refractivity contribution in [1.29, 1.82) is 0 Å². The van der Waals surface area contributed by atoms with Crippen LogP contribution in [-0.2, 0) is 4.74 Å². The molecular weight excluding hydrogens is 230 g/mol. The molecule has 1 fully saturated rings. The second-order valence-corrected chi connectivity index (χ2v) is 4.74. The van der Waals surface area contributed by atoms with Gasteiger partial charge in [-0.05, 0) is 45.2 Å². The molecule has 18 heavy (non-hydrogen) atoms. The molecular formula is C14H19NO3. The maximum absolute atomic E-state index is 12.5. The van der Waals surface area contributed by atoms with E-state index in [2.05, 4.69) is 0 Å². The average Bonchev–Trinajstić information content (AvgIpc) is 2.71. The Hall–Kier alpha value is -1.39. The Balaban J connectivity index is 2.18. The van der Waals surface area contributed by atoms with Gasteiger partial charge in [-0.1, -0.05) is 0 Å². The molecule has 1 aliphatic heterocycles. The minimum Gasteiger partial charge on any atom is -0.494 e. The summed E-state index contributed by atoms with van der Waals surface area (Å²) in [7, 11) is 1.90. The molecule has 4 heteroatoms. The van der Waals surface area contributed by atoms with Crippen LogP contribution in [0.3, 0.4) is 0 Å². The molecule has 0 amide bonds. The number of carbonyl (C=O) groups is 1. The summed E-state index contributed by atoms with van der Waals surface area (Å²) in [6.45, 7) is 5.42. The highest BCUT2D eigenvalue weighted by molar-refractivity contribution is 6.03. The van der Waals surface area contributed by atoms with Gasteiger partial charge in [-0.2, -0.15) is 0 Å². The Morgan fingerprint density at radius 2 is 2.11 bits per heavy atom. The fourth-order valence-corrected chi connectivity index (χ4v) is 2.05. The lowest BCUT2D eigenvalue weighted by atomic mass is 9.91. The summed E-state index contributed by atoms with van der Waals surface area (Å²) >= 11 is 0. The van der Waals surface area contributed by atoms with Gasteiger partial charge in [-0.3, -0.25) is 9.69 Å². The van der Waals surface area contributed by atoms with Crippen LogP contribution < -0.4 is 4.74 Å². The van der Waals surface area contributed by atoms with E-state index in [0.29, 0.717) is 25.5 Å². The highest BCUT2D eigenvalue weighted by Gasteiger charge is 2.42. The van der Waals surface area contributed by atoms with Gasteiger partial charge in [0.15, 0.2) is 5.78 Å². The Morgan fingerprint density at radius 1 is 1.44 bits per heavy atom. The quantitative estimate of drug-likeness (QED) is 0.764. The van der Waals surface area contributed by atoms with Crippen molar-refractivity contribution in [2.45, 2.75) is 19.4 Å². The molecule has 0 saturated carbocycles. The Labute approximate surface area is 107 Å². The first-order chi connectivity index (χ1) is 8.58. The number of rotatable bonds is 4. The van der Waals surface area contributed by atoms with Crippen LogP contribution in [0, 0.1) is 0 Å². The molecule has 1 atom stereocenters. The number of benzene rings is 1. The molecule has 1 heterocycles. The highest BCUT2D eigenvalue weighted by Crippen LogP contribution is 2.25. The van der Waals surface area contributed by atoms with Crippen molar-refractivity contribution in [1.82, 2.24) is 4.90 Å². The Kier molecular flexibility index (Phi) is 3.68. The predicted octanol–water partition coefficient (Wildman–Crippen LogP) is 1.95. The minimum atomic E-state index is -0.562. The standard InChI is InChI=1S/C14H19NO3/c1-4-18-12-7-5-11(6-8-12)13(16)14(2)9-17-10-15(14)3/h5-8H,4,9-10H2,1-3H3. The van der Waals surface area contributed by atoms with Crippen LogP contribution in [-0.4, -0.2) is 43.2 Å². The van der Waals surface area contributed by atoms with Gasteiger partial charge in [0.05, 0.1) is 19.9 Å². The lowest BCUT2D eigenvalue weighted by Gasteiger charge is -2.28. The summed E-state index contributed by atoms with van der Waals surface area (Å²) < 4.78 is 10.7. The Bertz CT molecular complexity index is 429. The number of nitrogens with zero attached hydrogens (tertiary/aromatic N) is 1. The molecule has 1 aliphatic rings. The number of hydrogen-bond donors (Lipinski definition) is 0. The zero-order chi connectivity index (χ0) is 13.2. The summed E-state index contributed by atoms with van der Waals surface area (Å²) in [6, 6.07) is 7.28. The topological polar surface area (TPSA) is 38.8 Å². The zero-order valence-corrected chi connectivity index (χ0v) is 11.1. The normalized spacial score (nSPS) is 24.2. The number of ether oxygens (including phenoxy) is 2. The lowest BCUT2D eigenvalue weighted by molar-refractivity contribution is 0.0773. The van der Waals surface area contributed by atoms with Gasteiger partial charge in [0.25, 0.3) is 0 Å². The summed E-state index contributed by atoms with van der Waals surface area (Å²) in [5.41, 5.74) is 0.131. The number of Topliss-reactive ketones (excluding diaryl/α,β-unsaturated/α-hetero) is 1. The zero-order valence-electron chi connectivity index (χ0n) is 11.1. The number of hydrogen-bond acceptors (Lipinski definition) is 4. The molecule has 0 spiro atoms. The Morgan fingerprint density at radius 3 is 2.61 bits per heavy atom. The molecule has 1 aromatic rings.